The Morgan fingerprint density at radius 3 is 2.73 bits per heavy atom. The Hall–Kier alpha value is -3.10. The molecule has 9 heteroatoms. The molecule has 1 aromatic heterocycles. The van der Waals surface area contributed by atoms with Gasteiger partial charge in [-0.2, -0.15) is 0 Å². The van der Waals surface area contributed by atoms with Crippen LogP contribution in [0.1, 0.15) is 18.4 Å². The van der Waals surface area contributed by atoms with E-state index in [9.17, 15) is 4.79 Å². The minimum atomic E-state index is -0.411. The van der Waals surface area contributed by atoms with E-state index in [4.69, 9.17) is 16.3 Å². The third-order valence-corrected chi connectivity index (χ3v) is 7.26. The van der Waals surface area contributed by atoms with Gasteiger partial charge >= 0.3 is 6.09 Å². The number of fused-ring (bicyclic) bond motifs is 1. The number of hydrogen-bond acceptors (Lipinski definition) is 7. The molecule has 1 aliphatic carbocycles. The predicted molar refractivity (Wildman–Crippen MR) is 130 cm³/mol. The van der Waals surface area contributed by atoms with Gasteiger partial charge in [-0.3, -0.25) is 9.80 Å². The van der Waals surface area contributed by atoms with Crippen LogP contribution in [0.2, 0.25) is 5.02 Å². The number of ether oxygens (including phenoxy) is 1. The first-order chi connectivity index (χ1) is 16.0. The molecule has 1 spiro atoms. The highest BCUT2D eigenvalue weighted by Gasteiger charge is 2.56. The first kappa shape index (κ1) is 20.5. The SMILES string of the molecule is CNc1cc2ncnc(Nc3cccc(Cl)c3C)c2cc1N1CC2(CN(C3CC3)C2)OC1=O. The summed E-state index contributed by atoms with van der Waals surface area (Å²) in [6, 6.07) is 10.3. The van der Waals surface area contributed by atoms with Gasteiger partial charge in [0.25, 0.3) is 0 Å². The van der Waals surface area contributed by atoms with Crippen molar-refractivity contribution in [2.24, 2.45) is 0 Å². The summed E-state index contributed by atoms with van der Waals surface area (Å²) in [6.45, 7) is 4.12. The third-order valence-electron chi connectivity index (χ3n) is 6.85. The van der Waals surface area contributed by atoms with Crippen LogP contribution in [0, 0.1) is 6.92 Å². The standard InChI is InChI=1S/C24H25ClN6O2/c1-14-17(25)4-3-5-18(14)29-22-16-8-21(20(26-2)9-19(16)27-13-28-22)31-12-24(33-23(31)32)10-30(11-24)15-6-7-15/h3-5,8-9,13,15,26H,6-7,10-12H2,1-2H3,(H,27,28,29). The highest BCUT2D eigenvalue weighted by Crippen LogP contribution is 2.43. The van der Waals surface area contributed by atoms with E-state index >= 15 is 0 Å². The van der Waals surface area contributed by atoms with Crippen molar-refractivity contribution in [2.75, 3.05) is 42.2 Å². The topological polar surface area (TPSA) is 82.6 Å². The maximum absolute atomic E-state index is 12.9. The number of aromatic nitrogens is 2. The summed E-state index contributed by atoms with van der Waals surface area (Å²) in [5.74, 6) is 0.653. The average Bonchev–Trinajstić information content (AvgIpc) is 3.57. The third kappa shape index (κ3) is 3.45. The molecule has 33 heavy (non-hydrogen) atoms. The van der Waals surface area contributed by atoms with Crippen LogP contribution in [-0.4, -0.2) is 59.3 Å². The Kier molecular flexibility index (Phi) is 4.64. The lowest BCUT2D eigenvalue weighted by Gasteiger charge is -2.45. The molecule has 0 radical (unpaired) electrons. The summed E-state index contributed by atoms with van der Waals surface area (Å²) in [6.07, 6.45) is 3.73. The molecule has 3 aromatic rings. The van der Waals surface area contributed by atoms with Crippen LogP contribution in [-0.2, 0) is 4.74 Å². The van der Waals surface area contributed by atoms with Crippen molar-refractivity contribution in [1.29, 1.82) is 0 Å². The Labute approximate surface area is 196 Å². The van der Waals surface area contributed by atoms with Crippen molar-refractivity contribution >= 4 is 51.5 Å². The molecule has 0 atom stereocenters. The molecule has 6 rings (SSSR count). The van der Waals surface area contributed by atoms with Crippen LogP contribution in [0.4, 0.5) is 27.7 Å². The molecule has 1 saturated carbocycles. The van der Waals surface area contributed by atoms with Gasteiger partial charge < -0.3 is 15.4 Å². The maximum Gasteiger partial charge on any atom is 0.415 e. The number of amides is 1. The van der Waals surface area contributed by atoms with Crippen LogP contribution in [0.5, 0.6) is 0 Å². The summed E-state index contributed by atoms with van der Waals surface area (Å²) in [5.41, 5.74) is 3.75. The molecule has 3 fully saturated rings. The second-order valence-electron chi connectivity index (χ2n) is 9.17. The lowest BCUT2D eigenvalue weighted by atomic mass is 9.93. The van der Waals surface area contributed by atoms with Gasteiger partial charge in [-0.25, -0.2) is 14.8 Å². The molecule has 170 valence electrons. The number of halogens is 1. The van der Waals surface area contributed by atoms with Gasteiger partial charge in [0.2, 0.25) is 0 Å². The number of carbonyl (C=O) groups excluding carboxylic acids is 1. The zero-order valence-corrected chi connectivity index (χ0v) is 19.3. The van der Waals surface area contributed by atoms with Crippen molar-refractivity contribution in [1.82, 2.24) is 14.9 Å². The Morgan fingerprint density at radius 1 is 1.15 bits per heavy atom. The largest absolute Gasteiger partial charge is 0.438 e. The summed E-state index contributed by atoms with van der Waals surface area (Å²) >= 11 is 6.30. The van der Waals surface area contributed by atoms with Crippen molar-refractivity contribution in [2.45, 2.75) is 31.4 Å². The van der Waals surface area contributed by atoms with Gasteiger partial charge in [-0.15, -0.1) is 0 Å². The first-order valence-corrected chi connectivity index (χ1v) is 11.6. The smallest absolute Gasteiger partial charge is 0.415 e. The fraction of sp³-hybridized carbons (Fsp3) is 0.375. The number of nitrogens with one attached hydrogen (secondary N) is 2. The van der Waals surface area contributed by atoms with Crippen LogP contribution in [0.3, 0.4) is 0 Å². The van der Waals surface area contributed by atoms with Crippen molar-refractivity contribution in [3.05, 3.63) is 47.2 Å². The van der Waals surface area contributed by atoms with Crippen molar-refractivity contribution in [3.63, 3.8) is 0 Å². The Balaban J connectivity index is 1.36. The molecule has 2 aromatic carbocycles. The number of likely N-dealkylation sites (tertiary alicyclic amines) is 1. The molecule has 2 saturated heterocycles. The van der Waals surface area contributed by atoms with Gasteiger partial charge in [0, 0.05) is 42.3 Å². The van der Waals surface area contributed by atoms with E-state index in [0.717, 1.165) is 46.6 Å². The second kappa shape index (κ2) is 7.46. The van der Waals surface area contributed by atoms with Crippen molar-refractivity contribution in [3.8, 4) is 0 Å². The number of anilines is 4. The molecule has 8 nitrogen and oxygen atoms in total. The van der Waals surface area contributed by atoms with Crippen LogP contribution < -0.4 is 15.5 Å². The zero-order chi connectivity index (χ0) is 22.7. The summed E-state index contributed by atoms with van der Waals surface area (Å²) < 4.78 is 5.88. The first-order valence-electron chi connectivity index (χ1n) is 11.2. The highest BCUT2D eigenvalue weighted by molar-refractivity contribution is 6.31. The fourth-order valence-corrected chi connectivity index (χ4v) is 5.02. The predicted octanol–water partition coefficient (Wildman–Crippen LogP) is 4.55. The van der Waals surface area contributed by atoms with E-state index in [0.29, 0.717) is 23.4 Å². The van der Waals surface area contributed by atoms with Gasteiger partial charge in [0.05, 0.1) is 23.4 Å². The van der Waals surface area contributed by atoms with Crippen LogP contribution in [0.25, 0.3) is 10.9 Å². The molecular weight excluding hydrogens is 440 g/mol. The van der Waals surface area contributed by atoms with E-state index in [1.807, 2.05) is 44.3 Å². The number of rotatable bonds is 5. The van der Waals surface area contributed by atoms with Crippen LogP contribution >= 0.6 is 11.6 Å². The minimum absolute atomic E-state index is 0.307. The Bertz CT molecular complexity index is 1270. The number of nitrogens with zero attached hydrogens (tertiary/aromatic N) is 4. The molecule has 3 aliphatic rings. The van der Waals surface area contributed by atoms with Crippen molar-refractivity contribution < 1.29 is 9.53 Å². The monoisotopic (exact) mass is 464 g/mol. The average molecular weight is 465 g/mol. The molecule has 3 heterocycles. The molecule has 0 bridgehead atoms. The highest BCUT2D eigenvalue weighted by atomic mass is 35.5. The lowest BCUT2D eigenvalue weighted by Crippen LogP contribution is -2.64. The van der Waals surface area contributed by atoms with E-state index < -0.39 is 5.60 Å². The minimum Gasteiger partial charge on any atom is -0.438 e. The quantitative estimate of drug-likeness (QED) is 0.573. The van der Waals surface area contributed by atoms with E-state index in [1.165, 1.54) is 19.2 Å². The summed E-state index contributed by atoms with van der Waals surface area (Å²) in [4.78, 5) is 26.0. The number of carbonyl (C=O) groups is 1. The summed E-state index contributed by atoms with van der Waals surface area (Å²) in [7, 11) is 1.84. The normalized spacial score (nSPS) is 19.6. The lowest BCUT2D eigenvalue weighted by molar-refractivity contribution is -0.0764. The van der Waals surface area contributed by atoms with Gasteiger partial charge in [-0.1, -0.05) is 17.7 Å². The number of hydrogen-bond donors (Lipinski definition) is 2. The van der Waals surface area contributed by atoms with Gasteiger partial charge in [-0.05, 0) is 49.6 Å². The zero-order valence-electron chi connectivity index (χ0n) is 18.6. The molecule has 2 aliphatic heterocycles. The Morgan fingerprint density at radius 2 is 1.97 bits per heavy atom. The van der Waals surface area contributed by atoms with E-state index in [-0.39, 0.29) is 6.09 Å². The van der Waals surface area contributed by atoms with E-state index in [2.05, 4.69) is 25.5 Å². The maximum atomic E-state index is 12.9. The fourth-order valence-electron chi connectivity index (χ4n) is 4.85. The second-order valence-corrected chi connectivity index (χ2v) is 9.58. The molecular formula is C24H25ClN6O2. The van der Waals surface area contributed by atoms with Gasteiger partial charge in [0.1, 0.15) is 12.1 Å². The van der Waals surface area contributed by atoms with Gasteiger partial charge in [0.15, 0.2) is 5.60 Å². The summed E-state index contributed by atoms with van der Waals surface area (Å²) in [5, 5.41) is 8.10. The molecule has 2 N–H and O–H groups in total. The van der Waals surface area contributed by atoms with Crippen LogP contribution in [0.15, 0.2) is 36.7 Å². The van der Waals surface area contributed by atoms with E-state index in [1.54, 1.807) is 4.90 Å². The number of benzene rings is 2. The molecule has 0 unspecified atom stereocenters. The molecule has 1 amide bonds.